The minimum Gasteiger partial charge on any atom is -0.371 e. The van der Waals surface area contributed by atoms with E-state index in [0.717, 1.165) is 13.0 Å². The van der Waals surface area contributed by atoms with Crippen molar-refractivity contribution in [2.75, 3.05) is 24.5 Å². The van der Waals surface area contributed by atoms with Crippen LogP contribution in [0.15, 0.2) is 18.2 Å². The fourth-order valence-electron chi connectivity index (χ4n) is 3.09. The van der Waals surface area contributed by atoms with Crippen molar-refractivity contribution in [3.63, 3.8) is 0 Å². The molecule has 0 spiro atoms. The number of nitrogens with one attached hydrogen (secondary N) is 2. The molecule has 1 aromatic carbocycles. The predicted octanol–water partition coefficient (Wildman–Crippen LogP) is 3.49. The zero-order valence-electron chi connectivity index (χ0n) is 15.0. The smallest absolute Gasteiger partial charge is 0.315 e. The summed E-state index contributed by atoms with van der Waals surface area (Å²) in [6.07, 6.45) is 4.47. The number of benzene rings is 1. The molecule has 0 unspecified atom stereocenters. The first-order valence-electron chi connectivity index (χ1n) is 8.82. The lowest BCUT2D eigenvalue weighted by molar-refractivity contribution is 0.232. The van der Waals surface area contributed by atoms with Crippen LogP contribution in [0.4, 0.5) is 10.5 Å². The van der Waals surface area contributed by atoms with E-state index in [1.54, 1.807) is 0 Å². The van der Waals surface area contributed by atoms with Gasteiger partial charge in [0.05, 0.1) is 0 Å². The molecular formula is C19H31N3O. The zero-order valence-corrected chi connectivity index (χ0v) is 15.0. The lowest BCUT2D eigenvalue weighted by atomic mass is 9.98. The van der Waals surface area contributed by atoms with Crippen LogP contribution in [0.25, 0.3) is 0 Å². The fraction of sp³-hybridized carbons (Fsp3) is 0.632. The number of rotatable bonds is 5. The van der Waals surface area contributed by atoms with Gasteiger partial charge in [-0.05, 0) is 63.6 Å². The Hall–Kier alpha value is -1.71. The fourth-order valence-corrected chi connectivity index (χ4v) is 3.09. The van der Waals surface area contributed by atoms with Gasteiger partial charge in [-0.15, -0.1) is 0 Å². The average Bonchev–Trinajstić information content (AvgIpc) is 2.46. The molecule has 1 aliphatic rings. The monoisotopic (exact) mass is 317 g/mol. The number of anilines is 1. The van der Waals surface area contributed by atoms with E-state index < -0.39 is 0 Å². The van der Waals surface area contributed by atoms with Gasteiger partial charge < -0.3 is 15.5 Å². The van der Waals surface area contributed by atoms with Crippen molar-refractivity contribution < 1.29 is 4.79 Å². The molecule has 0 fully saturated rings. The van der Waals surface area contributed by atoms with E-state index in [-0.39, 0.29) is 11.6 Å². The Balaban J connectivity index is 1.89. The summed E-state index contributed by atoms with van der Waals surface area (Å²) < 4.78 is 0. The van der Waals surface area contributed by atoms with Crippen molar-refractivity contribution in [3.05, 3.63) is 29.3 Å². The van der Waals surface area contributed by atoms with Gasteiger partial charge in [0, 0.05) is 30.9 Å². The molecule has 0 saturated heterocycles. The van der Waals surface area contributed by atoms with E-state index >= 15 is 0 Å². The molecule has 0 saturated carbocycles. The number of fused-ring (bicyclic) bond motifs is 1. The maximum Gasteiger partial charge on any atom is 0.315 e. The Kier molecular flexibility index (Phi) is 5.91. The van der Waals surface area contributed by atoms with Crippen LogP contribution in [-0.2, 0) is 12.8 Å². The number of nitrogens with zero attached hydrogens (tertiary/aromatic N) is 1. The minimum atomic E-state index is -0.196. The van der Waals surface area contributed by atoms with Gasteiger partial charge in [0.1, 0.15) is 0 Å². The summed E-state index contributed by atoms with van der Waals surface area (Å²) in [7, 11) is 0. The summed E-state index contributed by atoms with van der Waals surface area (Å²) >= 11 is 0. The van der Waals surface area contributed by atoms with Crippen molar-refractivity contribution in [2.24, 2.45) is 0 Å². The van der Waals surface area contributed by atoms with Crippen LogP contribution in [0.5, 0.6) is 0 Å². The molecule has 4 heteroatoms. The Morgan fingerprint density at radius 1 is 1.30 bits per heavy atom. The van der Waals surface area contributed by atoms with Gasteiger partial charge in [0.2, 0.25) is 0 Å². The third-order valence-corrected chi connectivity index (χ3v) is 4.04. The van der Waals surface area contributed by atoms with E-state index in [2.05, 4.69) is 40.7 Å². The Morgan fingerprint density at radius 3 is 2.78 bits per heavy atom. The maximum absolute atomic E-state index is 11.8. The van der Waals surface area contributed by atoms with Crippen LogP contribution in [-0.4, -0.2) is 31.2 Å². The summed E-state index contributed by atoms with van der Waals surface area (Å²) in [4.78, 5) is 14.3. The molecule has 0 aromatic heterocycles. The van der Waals surface area contributed by atoms with Crippen molar-refractivity contribution in [3.8, 4) is 0 Å². The van der Waals surface area contributed by atoms with E-state index in [1.165, 1.54) is 42.6 Å². The summed E-state index contributed by atoms with van der Waals surface area (Å²) in [6.45, 7) is 11.2. The standard InChI is InChI=1S/C19H31N3O/c1-5-12-22-13-6-7-16-14-15(8-9-17(16)22)10-11-20-18(23)21-19(2,3)4/h8-9,14H,5-7,10-13H2,1-4H3,(H2,20,21,23). The van der Waals surface area contributed by atoms with Gasteiger partial charge in [-0.3, -0.25) is 0 Å². The lowest BCUT2D eigenvalue weighted by Gasteiger charge is -2.31. The highest BCUT2D eigenvalue weighted by Gasteiger charge is 2.16. The largest absolute Gasteiger partial charge is 0.371 e. The van der Waals surface area contributed by atoms with E-state index in [9.17, 15) is 4.79 Å². The highest BCUT2D eigenvalue weighted by atomic mass is 16.2. The summed E-state index contributed by atoms with van der Waals surface area (Å²) in [5.41, 5.74) is 3.97. The predicted molar refractivity (Wildman–Crippen MR) is 97.3 cm³/mol. The van der Waals surface area contributed by atoms with E-state index in [0.29, 0.717) is 6.54 Å². The molecule has 23 heavy (non-hydrogen) atoms. The molecule has 0 atom stereocenters. The van der Waals surface area contributed by atoms with Gasteiger partial charge in [-0.1, -0.05) is 19.1 Å². The molecule has 128 valence electrons. The number of aryl methyl sites for hydroxylation is 1. The molecule has 0 bridgehead atoms. The third kappa shape index (κ3) is 5.45. The number of carbonyl (C=O) groups is 1. The molecule has 0 radical (unpaired) electrons. The van der Waals surface area contributed by atoms with Crippen LogP contribution < -0.4 is 15.5 Å². The maximum atomic E-state index is 11.8. The van der Waals surface area contributed by atoms with Gasteiger partial charge in [0.15, 0.2) is 0 Å². The topological polar surface area (TPSA) is 44.4 Å². The zero-order chi connectivity index (χ0) is 16.9. The van der Waals surface area contributed by atoms with Crippen molar-refractivity contribution >= 4 is 11.7 Å². The number of carbonyl (C=O) groups excluding carboxylic acids is 1. The second-order valence-electron chi connectivity index (χ2n) is 7.43. The Labute approximate surface area is 140 Å². The molecule has 4 nitrogen and oxygen atoms in total. The highest BCUT2D eigenvalue weighted by Crippen LogP contribution is 2.28. The van der Waals surface area contributed by atoms with Crippen LogP contribution in [0.1, 0.15) is 51.7 Å². The quantitative estimate of drug-likeness (QED) is 0.873. The molecule has 0 aliphatic carbocycles. The Bertz CT molecular complexity index is 534. The second-order valence-corrected chi connectivity index (χ2v) is 7.43. The van der Waals surface area contributed by atoms with Crippen LogP contribution in [0.2, 0.25) is 0 Å². The molecule has 2 rings (SSSR count). The van der Waals surface area contributed by atoms with Gasteiger partial charge in [-0.2, -0.15) is 0 Å². The lowest BCUT2D eigenvalue weighted by Crippen LogP contribution is -2.46. The molecule has 1 aromatic rings. The molecule has 2 N–H and O–H groups in total. The molecule has 1 aliphatic heterocycles. The van der Waals surface area contributed by atoms with E-state index in [1.807, 2.05) is 20.8 Å². The van der Waals surface area contributed by atoms with Gasteiger partial charge in [0.25, 0.3) is 0 Å². The average molecular weight is 317 g/mol. The number of amides is 2. The van der Waals surface area contributed by atoms with Crippen molar-refractivity contribution in [1.82, 2.24) is 10.6 Å². The van der Waals surface area contributed by atoms with Crippen LogP contribution >= 0.6 is 0 Å². The number of hydrogen-bond donors (Lipinski definition) is 2. The van der Waals surface area contributed by atoms with Gasteiger partial charge in [-0.25, -0.2) is 4.79 Å². The number of urea groups is 1. The number of hydrogen-bond acceptors (Lipinski definition) is 2. The summed E-state index contributed by atoms with van der Waals surface area (Å²) in [5, 5.41) is 5.85. The van der Waals surface area contributed by atoms with Crippen molar-refractivity contribution in [2.45, 2.75) is 58.9 Å². The first kappa shape index (κ1) is 17.6. The third-order valence-electron chi connectivity index (χ3n) is 4.04. The molecule has 2 amide bonds. The first-order chi connectivity index (χ1) is 10.9. The second kappa shape index (κ2) is 7.71. The first-order valence-corrected chi connectivity index (χ1v) is 8.82. The highest BCUT2D eigenvalue weighted by molar-refractivity contribution is 5.74. The molecular weight excluding hydrogens is 286 g/mol. The SMILES string of the molecule is CCCN1CCCc2cc(CCNC(=O)NC(C)(C)C)ccc21. The van der Waals surface area contributed by atoms with E-state index in [4.69, 9.17) is 0 Å². The summed E-state index contributed by atoms with van der Waals surface area (Å²) in [5.74, 6) is 0. The normalized spacial score (nSPS) is 14.3. The van der Waals surface area contributed by atoms with Crippen molar-refractivity contribution in [1.29, 1.82) is 0 Å². The van der Waals surface area contributed by atoms with Gasteiger partial charge >= 0.3 is 6.03 Å². The summed E-state index contributed by atoms with van der Waals surface area (Å²) in [6, 6.07) is 6.69. The molecule has 1 heterocycles. The minimum absolute atomic E-state index is 0.0930. The Morgan fingerprint density at radius 2 is 2.09 bits per heavy atom. The van der Waals surface area contributed by atoms with Crippen LogP contribution in [0.3, 0.4) is 0 Å². The van der Waals surface area contributed by atoms with Crippen LogP contribution in [0, 0.1) is 0 Å².